The summed E-state index contributed by atoms with van der Waals surface area (Å²) in [6.07, 6.45) is 6.42. The Bertz CT molecular complexity index is 999. The zero-order valence-electron chi connectivity index (χ0n) is 16.0. The second kappa shape index (κ2) is 7.76. The topological polar surface area (TPSA) is 73.1 Å². The zero-order chi connectivity index (χ0) is 19.8. The maximum atomic E-state index is 10.4. The first-order valence-electron chi connectivity index (χ1n) is 10.2. The normalized spacial score (nSPS) is 23.7. The van der Waals surface area contributed by atoms with Crippen LogP contribution in [-0.2, 0) is 12.8 Å². The van der Waals surface area contributed by atoms with E-state index in [1.807, 2.05) is 36.4 Å². The number of ether oxygens (including phenoxy) is 1. The quantitative estimate of drug-likeness (QED) is 0.709. The molecule has 150 valence electrons. The number of hydrogen-bond donors (Lipinski definition) is 1. The van der Waals surface area contributed by atoms with E-state index in [2.05, 4.69) is 19.7 Å². The Morgan fingerprint density at radius 2 is 1.90 bits per heavy atom. The van der Waals surface area contributed by atoms with E-state index in [4.69, 9.17) is 16.3 Å². The van der Waals surface area contributed by atoms with Crippen LogP contribution in [0, 0.1) is 0 Å². The highest BCUT2D eigenvalue weighted by molar-refractivity contribution is 6.30. The van der Waals surface area contributed by atoms with E-state index >= 15 is 0 Å². The lowest BCUT2D eigenvalue weighted by atomic mass is 9.86. The fraction of sp³-hybridized carbons (Fsp3) is 0.409. The number of aliphatic hydroxyl groups is 1. The lowest BCUT2D eigenvalue weighted by Crippen LogP contribution is -2.25. The first-order chi connectivity index (χ1) is 14.2. The summed E-state index contributed by atoms with van der Waals surface area (Å²) in [7, 11) is 0. The molecule has 29 heavy (non-hydrogen) atoms. The Labute approximate surface area is 174 Å². The van der Waals surface area contributed by atoms with Crippen molar-refractivity contribution in [1.29, 1.82) is 0 Å². The van der Waals surface area contributed by atoms with Crippen LogP contribution in [-0.4, -0.2) is 37.1 Å². The van der Waals surface area contributed by atoms with Crippen LogP contribution >= 0.6 is 11.6 Å². The highest BCUT2D eigenvalue weighted by Crippen LogP contribution is 2.36. The van der Waals surface area contributed by atoms with Gasteiger partial charge >= 0.3 is 0 Å². The fourth-order valence-electron chi connectivity index (χ4n) is 4.49. The van der Waals surface area contributed by atoms with Crippen LogP contribution in [0.25, 0.3) is 5.69 Å². The molecule has 6 nitrogen and oxygen atoms in total. The molecule has 2 aromatic heterocycles. The average molecular weight is 411 g/mol. The molecule has 0 spiro atoms. The monoisotopic (exact) mass is 410 g/mol. The van der Waals surface area contributed by atoms with Gasteiger partial charge in [-0.1, -0.05) is 17.7 Å². The van der Waals surface area contributed by atoms with Crippen LogP contribution in [0.2, 0.25) is 5.02 Å². The van der Waals surface area contributed by atoms with Crippen molar-refractivity contribution in [2.75, 3.05) is 0 Å². The minimum absolute atomic E-state index is 0.181. The molecular weight excluding hydrogens is 388 g/mol. The van der Waals surface area contributed by atoms with Gasteiger partial charge in [-0.3, -0.25) is 4.57 Å². The predicted molar refractivity (Wildman–Crippen MR) is 110 cm³/mol. The molecule has 3 heterocycles. The van der Waals surface area contributed by atoms with Crippen LogP contribution in [0.4, 0.5) is 0 Å². The number of rotatable bonds is 3. The van der Waals surface area contributed by atoms with Gasteiger partial charge in [0.25, 0.3) is 0 Å². The van der Waals surface area contributed by atoms with Crippen molar-refractivity contribution in [3.63, 3.8) is 0 Å². The van der Waals surface area contributed by atoms with Gasteiger partial charge in [-0.25, -0.2) is 4.98 Å². The molecule has 1 aliphatic carbocycles. The average Bonchev–Trinajstić information content (AvgIpc) is 3.06. The van der Waals surface area contributed by atoms with E-state index in [1.54, 1.807) is 6.20 Å². The minimum atomic E-state index is -0.479. The molecule has 1 fully saturated rings. The van der Waals surface area contributed by atoms with Crippen molar-refractivity contribution >= 4 is 11.6 Å². The van der Waals surface area contributed by atoms with Crippen molar-refractivity contribution in [3.8, 4) is 11.6 Å². The molecule has 2 aliphatic rings. The molecule has 7 heteroatoms. The summed E-state index contributed by atoms with van der Waals surface area (Å²) in [4.78, 5) is 4.27. The molecule has 0 bridgehead atoms. The number of hydrogen-bond acceptors (Lipinski definition) is 5. The number of fused-ring (bicyclic) bond motifs is 3. The smallest absolute Gasteiger partial charge is 0.213 e. The standard InChI is InChI=1S/C22H23ClN4O2/c23-16-6-9-19-15(11-16)12-17(28)13-20-25-26-22(27(19)20)14-4-7-18(8-5-14)29-21-3-1-2-10-24-21/h1-3,6,9-11,14,17-18,28H,4-5,7-8,12-13H2/t14?,17-,18?/m0/s1. The Morgan fingerprint density at radius 1 is 1.03 bits per heavy atom. The maximum Gasteiger partial charge on any atom is 0.213 e. The highest BCUT2D eigenvalue weighted by atomic mass is 35.5. The Hall–Kier alpha value is -2.44. The van der Waals surface area contributed by atoms with Crippen LogP contribution in [0.1, 0.15) is 48.8 Å². The molecule has 0 amide bonds. The van der Waals surface area contributed by atoms with Gasteiger partial charge in [0.2, 0.25) is 5.88 Å². The molecule has 1 aliphatic heterocycles. The van der Waals surface area contributed by atoms with Gasteiger partial charge in [-0.15, -0.1) is 10.2 Å². The molecule has 5 rings (SSSR count). The van der Waals surface area contributed by atoms with Crippen molar-refractivity contribution in [2.45, 2.75) is 56.7 Å². The third kappa shape index (κ3) is 3.74. The van der Waals surface area contributed by atoms with Gasteiger partial charge in [-0.2, -0.15) is 0 Å². The SMILES string of the molecule is O[C@H]1Cc2cc(Cl)ccc2-n2c(nnc2C2CCC(Oc3ccccn3)CC2)C1. The summed E-state index contributed by atoms with van der Waals surface area (Å²) in [5, 5.41) is 20.1. The molecule has 0 unspecified atom stereocenters. The number of pyridine rings is 1. The van der Waals surface area contributed by atoms with E-state index in [0.717, 1.165) is 48.6 Å². The summed E-state index contributed by atoms with van der Waals surface area (Å²) in [5.74, 6) is 2.81. The molecule has 1 N–H and O–H groups in total. The van der Waals surface area contributed by atoms with Crippen molar-refractivity contribution in [1.82, 2.24) is 19.7 Å². The molecule has 3 aromatic rings. The lowest BCUT2D eigenvalue weighted by Gasteiger charge is -2.28. The van der Waals surface area contributed by atoms with Gasteiger partial charge in [0, 0.05) is 36.0 Å². The molecular formula is C22H23ClN4O2. The number of nitrogens with zero attached hydrogens (tertiary/aromatic N) is 4. The Morgan fingerprint density at radius 3 is 2.69 bits per heavy atom. The van der Waals surface area contributed by atoms with Gasteiger partial charge in [0.05, 0.1) is 11.8 Å². The van der Waals surface area contributed by atoms with Crippen molar-refractivity contribution in [2.24, 2.45) is 0 Å². The summed E-state index contributed by atoms with van der Waals surface area (Å²) >= 11 is 6.21. The van der Waals surface area contributed by atoms with Crippen LogP contribution in [0.5, 0.6) is 5.88 Å². The zero-order valence-corrected chi connectivity index (χ0v) is 16.8. The molecule has 1 atom stereocenters. The fourth-order valence-corrected chi connectivity index (χ4v) is 4.68. The van der Waals surface area contributed by atoms with Crippen molar-refractivity contribution < 1.29 is 9.84 Å². The lowest BCUT2D eigenvalue weighted by molar-refractivity contribution is 0.139. The van der Waals surface area contributed by atoms with E-state index in [1.165, 1.54) is 0 Å². The van der Waals surface area contributed by atoms with Gasteiger partial charge in [0.1, 0.15) is 17.8 Å². The molecule has 0 saturated heterocycles. The van der Waals surface area contributed by atoms with Crippen LogP contribution in [0.3, 0.4) is 0 Å². The van der Waals surface area contributed by atoms with Gasteiger partial charge in [-0.05, 0) is 55.5 Å². The summed E-state index contributed by atoms with van der Waals surface area (Å²) in [5.41, 5.74) is 2.07. The van der Waals surface area contributed by atoms with Crippen LogP contribution < -0.4 is 4.74 Å². The van der Waals surface area contributed by atoms with E-state index < -0.39 is 6.10 Å². The molecule has 1 aromatic carbocycles. The number of benzene rings is 1. The number of aliphatic hydroxyl groups excluding tert-OH is 1. The first-order valence-corrected chi connectivity index (χ1v) is 10.5. The third-order valence-corrected chi connectivity index (χ3v) is 6.11. The maximum absolute atomic E-state index is 10.4. The van der Waals surface area contributed by atoms with Crippen LogP contribution in [0.15, 0.2) is 42.6 Å². The number of aromatic nitrogens is 4. The third-order valence-electron chi connectivity index (χ3n) is 5.88. The van der Waals surface area contributed by atoms with E-state index in [9.17, 15) is 5.11 Å². The van der Waals surface area contributed by atoms with E-state index in [-0.39, 0.29) is 6.10 Å². The number of halogens is 1. The second-order valence-corrected chi connectivity index (χ2v) is 8.34. The Balaban J connectivity index is 1.38. The van der Waals surface area contributed by atoms with Crippen molar-refractivity contribution in [3.05, 3.63) is 64.8 Å². The minimum Gasteiger partial charge on any atom is -0.474 e. The first kappa shape index (κ1) is 18.6. The largest absolute Gasteiger partial charge is 0.474 e. The molecule has 0 radical (unpaired) electrons. The summed E-state index contributed by atoms with van der Waals surface area (Å²) in [6, 6.07) is 11.6. The van der Waals surface area contributed by atoms with E-state index in [0.29, 0.717) is 29.7 Å². The Kier molecular flexibility index (Phi) is 4.97. The second-order valence-electron chi connectivity index (χ2n) is 7.90. The molecule has 1 saturated carbocycles. The predicted octanol–water partition coefficient (Wildman–Crippen LogP) is 3.88. The van der Waals surface area contributed by atoms with Gasteiger partial charge < -0.3 is 9.84 Å². The summed E-state index contributed by atoms with van der Waals surface area (Å²) < 4.78 is 8.18. The summed E-state index contributed by atoms with van der Waals surface area (Å²) in [6.45, 7) is 0. The highest BCUT2D eigenvalue weighted by Gasteiger charge is 2.31. The van der Waals surface area contributed by atoms with Gasteiger partial charge in [0.15, 0.2) is 0 Å².